The molecule has 0 bridgehead atoms. The first-order chi connectivity index (χ1) is 13.5. The molecule has 0 saturated heterocycles. The average Bonchev–Trinajstić information content (AvgIpc) is 3.04. The van der Waals surface area contributed by atoms with Crippen molar-refractivity contribution in [1.82, 2.24) is 4.98 Å². The SMILES string of the molecule is Cc1c(C(=O)OCc2ccccc2)[nH]c2c1C(=O)C[C@@H](c1ccc(F)cc1)C2. The van der Waals surface area contributed by atoms with E-state index in [1.54, 1.807) is 19.1 Å². The maximum atomic E-state index is 13.2. The third-order valence-electron chi connectivity index (χ3n) is 5.25. The second kappa shape index (κ2) is 7.43. The van der Waals surface area contributed by atoms with Gasteiger partial charge in [0.2, 0.25) is 0 Å². The highest BCUT2D eigenvalue weighted by atomic mass is 19.1. The zero-order valence-electron chi connectivity index (χ0n) is 15.5. The van der Waals surface area contributed by atoms with Gasteiger partial charge in [0.15, 0.2) is 5.78 Å². The molecule has 4 rings (SSSR count). The van der Waals surface area contributed by atoms with Crippen molar-refractivity contribution >= 4 is 11.8 Å². The van der Waals surface area contributed by atoms with Crippen LogP contribution in [0, 0.1) is 12.7 Å². The Morgan fingerprint density at radius 3 is 2.54 bits per heavy atom. The van der Waals surface area contributed by atoms with Gasteiger partial charge in [-0.25, -0.2) is 9.18 Å². The van der Waals surface area contributed by atoms with Gasteiger partial charge in [0.05, 0.1) is 0 Å². The number of fused-ring (bicyclic) bond motifs is 1. The number of ether oxygens (including phenoxy) is 1. The van der Waals surface area contributed by atoms with Crippen LogP contribution in [-0.2, 0) is 17.8 Å². The summed E-state index contributed by atoms with van der Waals surface area (Å²) < 4.78 is 18.6. The third-order valence-corrected chi connectivity index (χ3v) is 5.25. The lowest BCUT2D eigenvalue weighted by Crippen LogP contribution is -2.18. The Morgan fingerprint density at radius 2 is 1.82 bits per heavy atom. The molecule has 5 heteroatoms. The van der Waals surface area contributed by atoms with E-state index in [4.69, 9.17) is 4.74 Å². The minimum absolute atomic E-state index is 0.00793. The largest absolute Gasteiger partial charge is 0.456 e. The Bertz CT molecular complexity index is 1020. The zero-order chi connectivity index (χ0) is 19.7. The molecule has 1 atom stereocenters. The Balaban J connectivity index is 1.55. The first-order valence-corrected chi connectivity index (χ1v) is 9.24. The van der Waals surface area contributed by atoms with E-state index >= 15 is 0 Å². The lowest BCUT2D eigenvalue weighted by Gasteiger charge is -2.22. The van der Waals surface area contributed by atoms with E-state index in [-0.39, 0.29) is 24.1 Å². The van der Waals surface area contributed by atoms with Gasteiger partial charge in [-0.15, -0.1) is 0 Å². The number of nitrogens with one attached hydrogen (secondary N) is 1. The van der Waals surface area contributed by atoms with E-state index in [9.17, 15) is 14.0 Å². The van der Waals surface area contributed by atoms with Crippen LogP contribution in [0.15, 0.2) is 54.6 Å². The number of aromatic amines is 1. The number of carbonyl (C=O) groups excluding carboxylic acids is 2. The van der Waals surface area contributed by atoms with Crippen LogP contribution in [0.1, 0.15) is 55.6 Å². The van der Waals surface area contributed by atoms with Gasteiger partial charge >= 0.3 is 5.97 Å². The van der Waals surface area contributed by atoms with Gasteiger partial charge in [0.1, 0.15) is 18.1 Å². The second-order valence-corrected chi connectivity index (χ2v) is 7.12. The molecule has 1 heterocycles. The Morgan fingerprint density at radius 1 is 1.11 bits per heavy atom. The van der Waals surface area contributed by atoms with E-state index in [1.165, 1.54) is 12.1 Å². The number of halogens is 1. The van der Waals surface area contributed by atoms with Crippen molar-refractivity contribution in [1.29, 1.82) is 0 Å². The lowest BCUT2D eigenvalue weighted by molar-refractivity contribution is 0.0465. The van der Waals surface area contributed by atoms with Gasteiger partial charge in [-0.05, 0) is 48.1 Å². The third kappa shape index (κ3) is 3.48. The van der Waals surface area contributed by atoms with Crippen LogP contribution in [0.25, 0.3) is 0 Å². The molecule has 0 saturated carbocycles. The van der Waals surface area contributed by atoms with Crippen LogP contribution in [-0.4, -0.2) is 16.7 Å². The molecule has 1 aliphatic rings. The molecule has 0 amide bonds. The summed E-state index contributed by atoms with van der Waals surface area (Å²) in [6, 6.07) is 15.7. The van der Waals surface area contributed by atoms with E-state index < -0.39 is 5.97 Å². The molecular weight excluding hydrogens is 357 g/mol. The van der Waals surface area contributed by atoms with Gasteiger partial charge in [0, 0.05) is 17.7 Å². The Hall–Kier alpha value is -3.21. The van der Waals surface area contributed by atoms with Gasteiger partial charge in [-0.3, -0.25) is 4.79 Å². The van der Waals surface area contributed by atoms with Crippen LogP contribution in [0.5, 0.6) is 0 Å². The van der Waals surface area contributed by atoms with E-state index in [1.807, 2.05) is 30.3 Å². The monoisotopic (exact) mass is 377 g/mol. The number of hydrogen-bond donors (Lipinski definition) is 1. The maximum absolute atomic E-state index is 13.2. The number of H-pyrrole nitrogens is 1. The predicted molar refractivity (Wildman–Crippen MR) is 103 cm³/mol. The standard InChI is InChI=1S/C23H20FNO3/c1-14-21-19(11-17(12-20(21)26)16-7-9-18(24)10-8-16)25-22(14)23(27)28-13-15-5-3-2-4-6-15/h2-10,17,25H,11-13H2,1H3/t17-/m0/s1. The van der Waals surface area contributed by atoms with Gasteiger partial charge < -0.3 is 9.72 Å². The van der Waals surface area contributed by atoms with Crippen LogP contribution in [0.3, 0.4) is 0 Å². The van der Waals surface area contributed by atoms with E-state index in [2.05, 4.69) is 4.98 Å². The van der Waals surface area contributed by atoms with Gasteiger partial charge in [-0.1, -0.05) is 42.5 Å². The minimum atomic E-state index is -0.470. The number of rotatable bonds is 4. The fraction of sp³-hybridized carbons (Fsp3) is 0.217. The van der Waals surface area contributed by atoms with Crippen LogP contribution in [0.2, 0.25) is 0 Å². The number of ketones is 1. The van der Waals surface area contributed by atoms with Crippen molar-refractivity contribution in [3.05, 3.63) is 94.1 Å². The zero-order valence-corrected chi connectivity index (χ0v) is 15.5. The highest BCUT2D eigenvalue weighted by Gasteiger charge is 2.32. The van der Waals surface area contributed by atoms with Crippen molar-refractivity contribution in [3.63, 3.8) is 0 Å². The molecule has 0 aliphatic heterocycles. The molecule has 2 aromatic carbocycles. The maximum Gasteiger partial charge on any atom is 0.355 e. The summed E-state index contributed by atoms with van der Waals surface area (Å²) in [7, 11) is 0. The summed E-state index contributed by atoms with van der Waals surface area (Å²) >= 11 is 0. The normalized spacial score (nSPS) is 15.9. The molecule has 1 N–H and O–H groups in total. The highest BCUT2D eigenvalue weighted by Crippen LogP contribution is 2.35. The fourth-order valence-electron chi connectivity index (χ4n) is 3.80. The summed E-state index contributed by atoms with van der Waals surface area (Å²) in [5, 5.41) is 0. The molecule has 4 nitrogen and oxygen atoms in total. The van der Waals surface area contributed by atoms with Crippen LogP contribution in [0.4, 0.5) is 4.39 Å². The first-order valence-electron chi connectivity index (χ1n) is 9.24. The number of benzene rings is 2. The molecule has 142 valence electrons. The molecule has 0 unspecified atom stereocenters. The van der Waals surface area contributed by atoms with Crippen LogP contribution < -0.4 is 0 Å². The van der Waals surface area contributed by atoms with Gasteiger partial charge in [-0.2, -0.15) is 0 Å². The number of carbonyl (C=O) groups is 2. The molecule has 28 heavy (non-hydrogen) atoms. The average molecular weight is 377 g/mol. The molecule has 0 spiro atoms. The Labute approximate surface area is 162 Å². The van der Waals surface area contributed by atoms with Crippen molar-refractivity contribution in [3.8, 4) is 0 Å². The van der Waals surface area contributed by atoms with Gasteiger partial charge in [0.25, 0.3) is 0 Å². The van der Waals surface area contributed by atoms with Crippen molar-refractivity contribution < 1.29 is 18.7 Å². The topological polar surface area (TPSA) is 59.2 Å². The molecule has 0 radical (unpaired) electrons. The summed E-state index contributed by atoms with van der Waals surface area (Å²) in [6.07, 6.45) is 0.940. The summed E-state index contributed by atoms with van der Waals surface area (Å²) in [4.78, 5) is 28.4. The fourth-order valence-corrected chi connectivity index (χ4v) is 3.80. The summed E-state index contributed by atoms with van der Waals surface area (Å²) in [6.45, 7) is 1.94. The van der Waals surface area contributed by atoms with Crippen LogP contribution >= 0.6 is 0 Å². The Kier molecular flexibility index (Phi) is 4.82. The second-order valence-electron chi connectivity index (χ2n) is 7.12. The minimum Gasteiger partial charge on any atom is -0.456 e. The molecule has 1 aliphatic carbocycles. The predicted octanol–water partition coefficient (Wildman–Crippen LogP) is 4.73. The summed E-state index contributed by atoms with van der Waals surface area (Å²) in [5.41, 5.74) is 4.11. The van der Waals surface area contributed by atoms with Crippen molar-refractivity contribution in [2.45, 2.75) is 32.3 Å². The van der Waals surface area contributed by atoms with E-state index in [0.717, 1.165) is 16.8 Å². The number of esters is 1. The molecule has 3 aromatic rings. The highest BCUT2D eigenvalue weighted by molar-refractivity contribution is 6.03. The molecular formula is C23H20FNO3. The number of Topliss-reactive ketones (excluding diaryl/α,β-unsaturated/α-hetero) is 1. The summed E-state index contributed by atoms with van der Waals surface area (Å²) in [5.74, 6) is -0.814. The van der Waals surface area contributed by atoms with Crippen molar-refractivity contribution in [2.75, 3.05) is 0 Å². The molecule has 1 aromatic heterocycles. The smallest absolute Gasteiger partial charge is 0.355 e. The van der Waals surface area contributed by atoms with Crippen molar-refractivity contribution in [2.24, 2.45) is 0 Å². The lowest BCUT2D eigenvalue weighted by atomic mass is 9.81. The quantitative estimate of drug-likeness (QED) is 0.669. The van der Waals surface area contributed by atoms with E-state index in [0.29, 0.717) is 29.7 Å². The number of aromatic nitrogens is 1. The molecule has 0 fully saturated rings. The first kappa shape index (κ1) is 18.2. The number of hydrogen-bond acceptors (Lipinski definition) is 3.